The van der Waals surface area contributed by atoms with Crippen LogP contribution in [0.1, 0.15) is 15.4 Å². The minimum atomic E-state index is -2.96. The van der Waals surface area contributed by atoms with Gasteiger partial charge in [0.2, 0.25) is 0 Å². The van der Waals surface area contributed by atoms with Crippen molar-refractivity contribution in [3.63, 3.8) is 0 Å². The Hall–Kier alpha value is -2.32. The van der Waals surface area contributed by atoms with Crippen LogP contribution in [-0.2, 0) is 0 Å². The second-order valence-electron chi connectivity index (χ2n) is 4.77. The Morgan fingerprint density at radius 3 is 2.79 bits per heavy atom. The van der Waals surface area contributed by atoms with Gasteiger partial charge in [-0.15, -0.1) is 11.3 Å². The molecule has 1 N–H and O–H groups in total. The van der Waals surface area contributed by atoms with Crippen molar-refractivity contribution in [3.8, 4) is 16.3 Å². The van der Waals surface area contributed by atoms with Crippen molar-refractivity contribution in [2.75, 3.05) is 5.32 Å². The summed E-state index contributed by atoms with van der Waals surface area (Å²) in [4.78, 5) is 17.3. The lowest BCUT2D eigenvalue weighted by atomic mass is 10.2. The first-order valence-corrected chi connectivity index (χ1v) is 8.65. The average molecular weight is 366 g/mol. The van der Waals surface area contributed by atoms with E-state index in [4.69, 9.17) is 0 Å². The number of aromatic nitrogens is 1. The van der Waals surface area contributed by atoms with Gasteiger partial charge in [0.1, 0.15) is 15.6 Å². The SMILES string of the molecule is Cc1nc(-c2ccsc2)sc1C(=O)Nc1ccccc1OC(F)F. The van der Waals surface area contributed by atoms with Crippen LogP contribution in [0, 0.1) is 6.92 Å². The molecule has 1 aromatic carbocycles. The molecule has 0 atom stereocenters. The highest BCUT2D eigenvalue weighted by atomic mass is 32.1. The predicted octanol–water partition coefficient (Wildman–Crippen LogP) is 5.03. The van der Waals surface area contributed by atoms with Gasteiger partial charge in [0, 0.05) is 10.9 Å². The zero-order valence-corrected chi connectivity index (χ0v) is 14.1. The van der Waals surface area contributed by atoms with E-state index in [9.17, 15) is 13.6 Å². The standard InChI is InChI=1S/C16H12F2N2O2S2/c1-9-13(24-15(19-9)10-6-7-23-8-10)14(21)20-11-4-2-3-5-12(11)22-16(17)18/h2-8,16H,1H3,(H,20,21). The Kier molecular flexibility index (Phi) is 4.86. The number of anilines is 1. The largest absolute Gasteiger partial charge is 0.433 e. The van der Waals surface area contributed by atoms with Crippen LogP contribution in [0.25, 0.3) is 10.6 Å². The molecule has 0 saturated carbocycles. The lowest BCUT2D eigenvalue weighted by Gasteiger charge is -2.11. The molecule has 0 spiro atoms. The lowest BCUT2D eigenvalue weighted by molar-refractivity contribution is -0.0493. The molecule has 0 bridgehead atoms. The van der Waals surface area contributed by atoms with Gasteiger partial charge in [-0.2, -0.15) is 20.1 Å². The molecule has 0 aliphatic heterocycles. The Labute approximate surface area is 144 Å². The highest BCUT2D eigenvalue weighted by Crippen LogP contribution is 2.31. The number of rotatable bonds is 5. The Morgan fingerprint density at radius 1 is 1.29 bits per heavy atom. The summed E-state index contributed by atoms with van der Waals surface area (Å²) < 4.78 is 29.3. The number of hydrogen-bond acceptors (Lipinski definition) is 5. The van der Waals surface area contributed by atoms with Crippen LogP contribution in [0.4, 0.5) is 14.5 Å². The number of carbonyl (C=O) groups is 1. The van der Waals surface area contributed by atoms with Crippen LogP contribution in [0.2, 0.25) is 0 Å². The third kappa shape index (κ3) is 3.60. The first-order chi connectivity index (χ1) is 11.5. The fourth-order valence-electron chi connectivity index (χ4n) is 2.06. The molecule has 0 radical (unpaired) electrons. The maximum absolute atomic E-state index is 12.5. The number of aryl methyl sites for hydroxylation is 1. The van der Waals surface area contributed by atoms with Crippen molar-refractivity contribution < 1.29 is 18.3 Å². The Morgan fingerprint density at radius 2 is 2.08 bits per heavy atom. The van der Waals surface area contributed by atoms with Gasteiger partial charge in [0.05, 0.1) is 11.4 Å². The molecular formula is C16H12F2N2O2S2. The van der Waals surface area contributed by atoms with Crippen molar-refractivity contribution in [2.45, 2.75) is 13.5 Å². The van der Waals surface area contributed by atoms with Crippen LogP contribution in [-0.4, -0.2) is 17.5 Å². The molecule has 24 heavy (non-hydrogen) atoms. The second kappa shape index (κ2) is 7.06. The number of benzene rings is 1. The summed E-state index contributed by atoms with van der Waals surface area (Å²) in [5, 5.41) is 7.24. The monoisotopic (exact) mass is 366 g/mol. The van der Waals surface area contributed by atoms with Gasteiger partial charge in [0.25, 0.3) is 5.91 Å². The molecule has 124 valence electrons. The molecule has 0 unspecified atom stereocenters. The van der Waals surface area contributed by atoms with Crippen LogP contribution in [0.15, 0.2) is 41.1 Å². The van der Waals surface area contributed by atoms with Gasteiger partial charge in [-0.1, -0.05) is 12.1 Å². The highest BCUT2D eigenvalue weighted by Gasteiger charge is 2.18. The third-order valence-electron chi connectivity index (χ3n) is 3.12. The number of nitrogens with one attached hydrogen (secondary N) is 1. The normalized spacial score (nSPS) is 10.8. The van der Waals surface area contributed by atoms with Crippen molar-refractivity contribution in [2.24, 2.45) is 0 Å². The van der Waals surface area contributed by atoms with Gasteiger partial charge in [0.15, 0.2) is 0 Å². The summed E-state index contributed by atoms with van der Waals surface area (Å²) in [6, 6.07) is 7.99. The van der Waals surface area contributed by atoms with Crippen LogP contribution < -0.4 is 10.1 Å². The molecule has 0 fully saturated rings. The number of ether oxygens (including phenoxy) is 1. The van der Waals surface area contributed by atoms with Crippen molar-refractivity contribution in [3.05, 3.63) is 51.7 Å². The third-order valence-corrected chi connectivity index (χ3v) is 5.01. The van der Waals surface area contributed by atoms with E-state index in [1.807, 2.05) is 16.8 Å². The van der Waals surface area contributed by atoms with Crippen molar-refractivity contribution in [1.29, 1.82) is 0 Å². The van der Waals surface area contributed by atoms with Crippen molar-refractivity contribution in [1.82, 2.24) is 4.98 Å². The molecular weight excluding hydrogens is 354 g/mol. The number of nitrogens with zero attached hydrogens (tertiary/aromatic N) is 1. The number of amides is 1. The number of halogens is 2. The molecule has 0 aliphatic carbocycles. The molecule has 8 heteroatoms. The van der Waals surface area contributed by atoms with Crippen LogP contribution in [0.3, 0.4) is 0 Å². The van der Waals surface area contributed by atoms with Gasteiger partial charge in [-0.3, -0.25) is 4.79 Å². The zero-order valence-electron chi connectivity index (χ0n) is 12.5. The molecule has 3 aromatic rings. The average Bonchev–Trinajstić information content (AvgIpc) is 3.18. The predicted molar refractivity (Wildman–Crippen MR) is 91.2 cm³/mol. The summed E-state index contributed by atoms with van der Waals surface area (Å²) >= 11 is 2.81. The number of carbonyl (C=O) groups excluding carboxylic acids is 1. The van der Waals surface area contributed by atoms with E-state index in [2.05, 4.69) is 15.0 Å². The number of para-hydroxylation sites is 2. The second-order valence-corrected chi connectivity index (χ2v) is 6.55. The van der Waals surface area contributed by atoms with E-state index in [1.54, 1.807) is 30.4 Å². The van der Waals surface area contributed by atoms with E-state index in [1.165, 1.54) is 23.5 Å². The molecule has 2 aromatic heterocycles. The van der Waals surface area contributed by atoms with Crippen LogP contribution in [0.5, 0.6) is 5.75 Å². The quantitative estimate of drug-likeness (QED) is 0.689. The van der Waals surface area contributed by atoms with E-state index in [0.29, 0.717) is 10.6 Å². The minimum Gasteiger partial charge on any atom is -0.433 e. The molecule has 1 amide bonds. The maximum Gasteiger partial charge on any atom is 0.387 e. The smallest absolute Gasteiger partial charge is 0.387 e. The number of alkyl halides is 2. The number of thiophene rings is 1. The molecule has 0 aliphatic rings. The molecule has 2 heterocycles. The van der Waals surface area contributed by atoms with E-state index < -0.39 is 12.5 Å². The topological polar surface area (TPSA) is 51.2 Å². The maximum atomic E-state index is 12.5. The Balaban J connectivity index is 1.84. The fourth-order valence-corrected chi connectivity index (χ4v) is 3.74. The summed E-state index contributed by atoms with van der Waals surface area (Å²) in [6.07, 6.45) is 0. The highest BCUT2D eigenvalue weighted by molar-refractivity contribution is 7.17. The molecule has 0 saturated heterocycles. The summed E-state index contributed by atoms with van der Waals surface area (Å²) in [5.74, 6) is -0.488. The van der Waals surface area contributed by atoms with Gasteiger partial charge in [-0.05, 0) is 30.5 Å². The number of thiazole rings is 1. The fraction of sp³-hybridized carbons (Fsp3) is 0.125. The van der Waals surface area contributed by atoms with Gasteiger partial charge >= 0.3 is 6.61 Å². The van der Waals surface area contributed by atoms with Crippen LogP contribution >= 0.6 is 22.7 Å². The van der Waals surface area contributed by atoms with Crippen molar-refractivity contribution >= 4 is 34.3 Å². The van der Waals surface area contributed by atoms with Gasteiger partial charge in [-0.25, -0.2) is 4.98 Å². The first-order valence-electron chi connectivity index (χ1n) is 6.90. The molecule has 4 nitrogen and oxygen atoms in total. The summed E-state index contributed by atoms with van der Waals surface area (Å²) in [7, 11) is 0. The lowest BCUT2D eigenvalue weighted by Crippen LogP contribution is -2.13. The minimum absolute atomic E-state index is 0.0823. The van der Waals surface area contributed by atoms with Gasteiger partial charge < -0.3 is 10.1 Å². The summed E-state index contributed by atoms with van der Waals surface area (Å²) in [6.45, 7) is -1.22. The van der Waals surface area contributed by atoms with E-state index in [0.717, 1.165) is 10.6 Å². The Bertz CT molecular complexity index is 848. The van der Waals surface area contributed by atoms with E-state index >= 15 is 0 Å². The number of hydrogen-bond donors (Lipinski definition) is 1. The van der Waals surface area contributed by atoms with E-state index in [-0.39, 0.29) is 11.4 Å². The first kappa shape index (κ1) is 16.5. The zero-order chi connectivity index (χ0) is 17.1. The summed E-state index contributed by atoms with van der Waals surface area (Å²) in [5.41, 5.74) is 1.73. The molecule has 3 rings (SSSR count).